The quantitative estimate of drug-likeness (QED) is 0.670. The Labute approximate surface area is 118 Å². The summed E-state index contributed by atoms with van der Waals surface area (Å²) in [5.74, 6) is -0.264. The summed E-state index contributed by atoms with van der Waals surface area (Å²) in [6.45, 7) is -3.03. The second-order valence-corrected chi connectivity index (χ2v) is 3.68. The van der Waals surface area contributed by atoms with Crippen molar-refractivity contribution in [2.75, 3.05) is 14.2 Å². The van der Waals surface area contributed by atoms with Gasteiger partial charge in [-0.3, -0.25) is 0 Å². The second kappa shape index (κ2) is 7.49. The van der Waals surface area contributed by atoms with Gasteiger partial charge in [0.1, 0.15) is 0 Å². The minimum Gasteiger partial charge on any atom is -0.493 e. The number of nitrogens with zero attached hydrogens (tertiary/aromatic N) is 1. The van der Waals surface area contributed by atoms with Gasteiger partial charge < -0.3 is 14.2 Å². The summed E-state index contributed by atoms with van der Waals surface area (Å²) < 4.78 is 37.9. The van der Waals surface area contributed by atoms with Crippen molar-refractivity contribution in [1.82, 2.24) is 5.43 Å². The smallest absolute Gasteiger partial charge is 0.427 e. The van der Waals surface area contributed by atoms with E-state index in [1.807, 2.05) is 0 Å². The number of hydrogen-bond acceptors (Lipinski definition) is 5. The van der Waals surface area contributed by atoms with Gasteiger partial charge in [0.05, 0.1) is 25.5 Å². The van der Waals surface area contributed by atoms with Gasteiger partial charge in [0.2, 0.25) is 0 Å². The number of carbonyl (C=O) groups is 1. The molecule has 0 unspecified atom stereocenters. The first-order valence-electron chi connectivity index (χ1n) is 5.17. The molecule has 1 amide bonds. The van der Waals surface area contributed by atoms with E-state index in [0.29, 0.717) is 5.56 Å². The van der Waals surface area contributed by atoms with Gasteiger partial charge in [0.25, 0.3) is 0 Å². The molecule has 20 heavy (non-hydrogen) atoms. The van der Waals surface area contributed by atoms with E-state index in [9.17, 15) is 13.6 Å². The van der Waals surface area contributed by atoms with Gasteiger partial charge in [0, 0.05) is 0 Å². The third kappa shape index (κ3) is 4.54. The van der Waals surface area contributed by atoms with Crippen molar-refractivity contribution in [1.29, 1.82) is 0 Å². The van der Waals surface area contributed by atoms with Crippen LogP contribution in [0.5, 0.6) is 11.5 Å². The Hall–Kier alpha value is -2.09. The van der Waals surface area contributed by atoms with Crippen LogP contribution < -0.4 is 14.9 Å². The van der Waals surface area contributed by atoms with Crippen LogP contribution in [0.1, 0.15) is 5.56 Å². The second-order valence-electron chi connectivity index (χ2n) is 3.27. The minimum atomic E-state index is -3.03. The largest absolute Gasteiger partial charge is 0.493 e. The average molecular weight is 309 g/mol. The summed E-state index contributed by atoms with van der Waals surface area (Å²) in [6, 6.07) is 2.69. The Balaban J connectivity index is 2.95. The first kappa shape index (κ1) is 16.0. The lowest BCUT2D eigenvalue weighted by molar-refractivity contribution is -0.0511. The van der Waals surface area contributed by atoms with Crippen LogP contribution in [0.3, 0.4) is 0 Å². The van der Waals surface area contributed by atoms with Crippen molar-refractivity contribution in [3.8, 4) is 11.5 Å². The van der Waals surface area contributed by atoms with Crippen LogP contribution in [-0.2, 0) is 4.74 Å². The highest BCUT2D eigenvalue weighted by Crippen LogP contribution is 2.36. The van der Waals surface area contributed by atoms with Gasteiger partial charge in [0.15, 0.2) is 11.5 Å². The lowest BCUT2D eigenvalue weighted by atomic mass is 10.2. The number of rotatable bonds is 5. The molecule has 1 aromatic rings. The van der Waals surface area contributed by atoms with Gasteiger partial charge in [-0.05, 0) is 17.7 Å². The van der Waals surface area contributed by atoms with Crippen LogP contribution >= 0.6 is 11.6 Å². The molecular formula is C11H11ClF2N2O4. The molecule has 6 nitrogen and oxygen atoms in total. The Morgan fingerprint density at radius 3 is 2.70 bits per heavy atom. The number of amides is 1. The maximum absolute atomic E-state index is 12.2. The fourth-order valence-corrected chi connectivity index (χ4v) is 1.49. The Kier molecular flexibility index (Phi) is 5.98. The number of halogens is 3. The molecule has 1 N–H and O–H groups in total. The van der Waals surface area contributed by atoms with Crippen molar-refractivity contribution in [3.05, 3.63) is 22.7 Å². The Morgan fingerprint density at radius 1 is 1.45 bits per heavy atom. The van der Waals surface area contributed by atoms with Crippen LogP contribution in [-0.4, -0.2) is 33.1 Å². The molecule has 110 valence electrons. The highest BCUT2D eigenvalue weighted by Gasteiger charge is 2.15. The molecule has 0 bridgehead atoms. The molecule has 9 heteroatoms. The predicted molar refractivity (Wildman–Crippen MR) is 67.8 cm³/mol. The summed E-state index contributed by atoms with van der Waals surface area (Å²) in [6.07, 6.45) is 0.481. The zero-order valence-corrected chi connectivity index (χ0v) is 11.3. The zero-order chi connectivity index (χ0) is 15.1. The van der Waals surface area contributed by atoms with Crippen LogP contribution in [0, 0.1) is 0 Å². The van der Waals surface area contributed by atoms with Gasteiger partial charge in [-0.2, -0.15) is 13.9 Å². The maximum Gasteiger partial charge on any atom is 0.427 e. The van der Waals surface area contributed by atoms with E-state index in [1.54, 1.807) is 0 Å². The number of nitrogens with one attached hydrogen (secondary N) is 1. The number of methoxy groups -OCH3 is 2. The third-order valence-corrected chi connectivity index (χ3v) is 2.29. The number of benzene rings is 1. The molecule has 0 aliphatic carbocycles. The lowest BCUT2D eigenvalue weighted by Gasteiger charge is -2.12. The van der Waals surface area contributed by atoms with Crippen molar-refractivity contribution >= 4 is 23.9 Å². The van der Waals surface area contributed by atoms with E-state index < -0.39 is 12.7 Å². The molecule has 0 aromatic heterocycles. The van der Waals surface area contributed by atoms with E-state index in [1.165, 1.54) is 32.6 Å². The highest BCUT2D eigenvalue weighted by atomic mass is 35.5. The number of hydrazone groups is 1. The molecule has 0 fully saturated rings. The van der Waals surface area contributed by atoms with Gasteiger partial charge in [-0.15, -0.1) is 0 Å². The molecule has 0 radical (unpaired) electrons. The van der Waals surface area contributed by atoms with Crippen LogP contribution in [0.25, 0.3) is 0 Å². The van der Waals surface area contributed by atoms with Gasteiger partial charge in [-0.25, -0.2) is 10.2 Å². The minimum absolute atomic E-state index is 0.0114. The summed E-state index contributed by atoms with van der Waals surface area (Å²) in [4.78, 5) is 10.8. The maximum atomic E-state index is 12.2. The first-order valence-corrected chi connectivity index (χ1v) is 5.55. The van der Waals surface area contributed by atoms with Crippen molar-refractivity contribution in [2.24, 2.45) is 5.10 Å². The molecular weight excluding hydrogens is 298 g/mol. The highest BCUT2D eigenvalue weighted by molar-refractivity contribution is 6.32. The molecule has 0 saturated carbocycles. The monoisotopic (exact) mass is 308 g/mol. The van der Waals surface area contributed by atoms with Crippen molar-refractivity contribution in [2.45, 2.75) is 6.61 Å². The topological polar surface area (TPSA) is 69.2 Å². The lowest BCUT2D eigenvalue weighted by Crippen LogP contribution is -2.16. The van der Waals surface area contributed by atoms with Gasteiger partial charge in [-0.1, -0.05) is 11.6 Å². The van der Waals surface area contributed by atoms with Crippen LogP contribution in [0.15, 0.2) is 17.2 Å². The number of carbonyl (C=O) groups excluding carboxylic acids is 1. The number of alkyl halides is 2. The Morgan fingerprint density at radius 2 is 2.15 bits per heavy atom. The molecule has 0 atom stereocenters. The van der Waals surface area contributed by atoms with Crippen molar-refractivity contribution < 1.29 is 27.8 Å². The molecule has 0 spiro atoms. The standard InChI is InChI=1S/C11H11ClF2N2O4/c1-18-8-4-6(5-15-16-11(17)19-2)3-7(12)9(8)20-10(13)14/h3-5,10H,1-2H3,(H,16,17)/b15-5-. The van der Waals surface area contributed by atoms with E-state index in [-0.39, 0.29) is 16.5 Å². The molecule has 1 aromatic carbocycles. The summed E-state index contributed by atoms with van der Waals surface area (Å²) in [5, 5.41) is 3.49. The Bertz CT molecular complexity index is 511. The number of hydrogen-bond donors (Lipinski definition) is 1. The number of ether oxygens (including phenoxy) is 3. The fraction of sp³-hybridized carbons (Fsp3) is 0.273. The normalized spacial score (nSPS) is 10.7. The van der Waals surface area contributed by atoms with E-state index in [4.69, 9.17) is 16.3 Å². The molecule has 0 aliphatic heterocycles. The molecule has 0 heterocycles. The molecule has 0 aliphatic rings. The SMILES string of the molecule is COC(=O)N/N=C\c1cc(Cl)c(OC(F)F)c(OC)c1. The predicted octanol–water partition coefficient (Wildman–Crippen LogP) is 2.64. The van der Waals surface area contributed by atoms with E-state index in [0.717, 1.165) is 0 Å². The molecule has 0 saturated heterocycles. The molecule has 1 rings (SSSR count). The summed E-state index contributed by atoms with van der Waals surface area (Å²) >= 11 is 5.81. The van der Waals surface area contributed by atoms with Crippen LogP contribution in [0.4, 0.5) is 13.6 Å². The van der Waals surface area contributed by atoms with Crippen molar-refractivity contribution in [3.63, 3.8) is 0 Å². The third-order valence-electron chi connectivity index (χ3n) is 2.01. The zero-order valence-electron chi connectivity index (χ0n) is 10.5. The van der Waals surface area contributed by atoms with Gasteiger partial charge >= 0.3 is 12.7 Å². The summed E-state index contributed by atoms with van der Waals surface area (Å²) in [7, 11) is 2.46. The summed E-state index contributed by atoms with van der Waals surface area (Å²) in [5.41, 5.74) is 2.47. The first-order chi connectivity index (χ1) is 9.47. The average Bonchev–Trinajstić information content (AvgIpc) is 2.40. The van der Waals surface area contributed by atoms with Crippen LogP contribution in [0.2, 0.25) is 5.02 Å². The van der Waals surface area contributed by atoms with E-state index >= 15 is 0 Å². The van der Waals surface area contributed by atoms with E-state index in [2.05, 4.69) is 20.0 Å². The fourth-order valence-electron chi connectivity index (χ4n) is 1.22.